The van der Waals surface area contributed by atoms with Gasteiger partial charge in [-0.1, -0.05) is 37.3 Å². The number of hydrogen-bond donors (Lipinski definition) is 1. The largest absolute Gasteiger partial charge is 0.378 e. The molecule has 0 bridgehead atoms. The Kier molecular flexibility index (Phi) is 3.47. The molecular weight excluding hydrogens is 249 g/mol. The summed E-state index contributed by atoms with van der Waals surface area (Å²) in [5, 5.41) is 3.65. The molecule has 0 amide bonds. The van der Waals surface area contributed by atoms with Crippen molar-refractivity contribution in [3.8, 4) is 0 Å². The summed E-state index contributed by atoms with van der Waals surface area (Å²) >= 11 is 0. The fourth-order valence-electron chi connectivity index (χ4n) is 3.16. The highest BCUT2D eigenvalue weighted by atomic mass is 19.1. The Bertz CT molecular complexity index is 633. The van der Waals surface area contributed by atoms with Crippen molar-refractivity contribution in [2.75, 3.05) is 5.32 Å². The van der Waals surface area contributed by atoms with Crippen LogP contribution in [0.3, 0.4) is 0 Å². The SMILES string of the molecule is CCc1cccc(C)c1NC1CCc2c(F)cccc21. The molecule has 1 nitrogen and oxygen atoms in total. The molecule has 0 aliphatic heterocycles. The predicted molar refractivity (Wildman–Crippen MR) is 81.6 cm³/mol. The van der Waals surface area contributed by atoms with Crippen LogP contribution in [0.15, 0.2) is 36.4 Å². The molecule has 0 heterocycles. The Morgan fingerprint density at radius 1 is 1.20 bits per heavy atom. The molecule has 2 heteroatoms. The van der Waals surface area contributed by atoms with Crippen molar-refractivity contribution in [1.29, 1.82) is 0 Å². The van der Waals surface area contributed by atoms with E-state index in [-0.39, 0.29) is 11.9 Å². The normalized spacial score (nSPS) is 17.1. The highest BCUT2D eigenvalue weighted by molar-refractivity contribution is 5.59. The van der Waals surface area contributed by atoms with E-state index < -0.39 is 0 Å². The van der Waals surface area contributed by atoms with Crippen molar-refractivity contribution < 1.29 is 4.39 Å². The minimum absolute atomic E-state index is 0.0627. The number of para-hydroxylation sites is 1. The van der Waals surface area contributed by atoms with Gasteiger partial charge in [-0.05, 0) is 54.5 Å². The first-order valence-electron chi connectivity index (χ1n) is 7.33. The second-order valence-corrected chi connectivity index (χ2v) is 5.51. The molecule has 0 aromatic heterocycles. The summed E-state index contributed by atoms with van der Waals surface area (Å²) in [6, 6.07) is 12.0. The first-order valence-corrected chi connectivity index (χ1v) is 7.33. The summed E-state index contributed by atoms with van der Waals surface area (Å²) in [6.45, 7) is 4.30. The molecule has 2 aromatic carbocycles. The lowest BCUT2D eigenvalue weighted by Gasteiger charge is -2.20. The summed E-state index contributed by atoms with van der Waals surface area (Å²) in [4.78, 5) is 0. The molecular formula is C18H20FN. The standard InChI is InChI=1S/C18H20FN/c1-3-13-7-4-6-12(2)18(13)20-17-11-10-14-15(17)8-5-9-16(14)19/h4-9,17,20H,3,10-11H2,1-2H3. The van der Waals surface area contributed by atoms with Gasteiger partial charge in [0.2, 0.25) is 0 Å². The number of nitrogens with one attached hydrogen (secondary N) is 1. The first kappa shape index (κ1) is 13.2. The lowest BCUT2D eigenvalue weighted by atomic mass is 10.0. The molecule has 1 atom stereocenters. The van der Waals surface area contributed by atoms with Gasteiger partial charge in [-0.3, -0.25) is 0 Å². The van der Waals surface area contributed by atoms with E-state index in [1.54, 1.807) is 6.07 Å². The molecule has 1 N–H and O–H groups in total. The second-order valence-electron chi connectivity index (χ2n) is 5.51. The number of aryl methyl sites for hydroxylation is 2. The molecule has 1 unspecified atom stereocenters. The topological polar surface area (TPSA) is 12.0 Å². The highest BCUT2D eigenvalue weighted by Gasteiger charge is 2.25. The summed E-state index contributed by atoms with van der Waals surface area (Å²) in [5.41, 5.74) is 5.81. The van der Waals surface area contributed by atoms with Gasteiger partial charge in [-0.25, -0.2) is 4.39 Å². The molecule has 0 spiro atoms. The number of hydrogen-bond acceptors (Lipinski definition) is 1. The van der Waals surface area contributed by atoms with Gasteiger partial charge in [0.15, 0.2) is 0 Å². The third-order valence-corrected chi connectivity index (χ3v) is 4.27. The number of anilines is 1. The Morgan fingerprint density at radius 3 is 2.80 bits per heavy atom. The van der Waals surface area contributed by atoms with Crippen molar-refractivity contribution in [2.24, 2.45) is 0 Å². The zero-order valence-electron chi connectivity index (χ0n) is 12.0. The molecule has 2 aromatic rings. The smallest absolute Gasteiger partial charge is 0.126 e. The van der Waals surface area contributed by atoms with Crippen molar-refractivity contribution in [2.45, 2.75) is 39.2 Å². The van der Waals surface area contributed by atoms with E-state index >= 15 is 0 Å². The molecule has 1 aliphatic carbocycles. The Labute approximate surface area is 119 Å². The summed E-state index contributed by atoms with van der Waals surface area (Å²) in [5.74, 6) is -0.0627. The van der Waals surface area contributed by atoms with E-state index in [1.165, 1.54) is 16.8 Å². The molecule has 104 valence electrons. The fourth-order valence-corrected chi connectivity index (χ4v) is 3.16. The van der Waals surface area contributed by atoms with Gasteiger partial charge >= 0.3 is 0 Å². The van der Waals surface area contributed by atoms with Crippen LogP contribution in [0.25, 0.3) is 0 Å². The highest BCUT2D eigenvalue weighted by Crippen LogP contribution is 2.36. The van der Waals surface area contributed by atoms with Crippen molar-refractivity contribution in [3.63, 3.8) is 0 Å². The third kappa shape index (κ3) is 2.20. The molecule has 1 aliphatic rings. The monoisotopic (exact) mass is 269 g/mol. The maximum absolute atomic E-state index is 13.8. The van der Waals surface area contributed by atoms with Crippen LogP contribution in [0.4, 0.5) is 10.1 Å². The van der Waals surface area contributed by atoms with E-state index in [2.05, 4.69) is 37.4 Å². The van der Waals surface area contributed by atoms with Crippen molar-refractivity contribution >= 4 is 5.69 Å². The quantitative estimate of drug-likeness (QED) is 0.844. The van der Waals surface area contributed by atoms with Gasteiger partial charge < -0.3 is 5.32 Å². The zero-order valence-corrected chi connectivity index (χ0v) is 12.0. The molecule has 3 rings (SSSR count). The van der Waals surface area contributed by atoms with Gasteiger partial charge in [-0.2, -0.15) is 0 Å². The zero-order chi connectivity index (χ0) is 14.1. The lowest BCUT2D eigenvalue weighted by molar-refractivity contribution is 0.612. The molecule has 0 radical (unpaired) electrons. The van der Waals surface area contributed by atoms with Gasteiger partial charge in [0, 0.05) is 5.69 Å². The van der Waals surface area contributed by atoms with E-state index in [1.807, 2.05) is 12.1 Å². The average Bonchev–Trinajstić information content (AvgIpc) is 2.86. The average molecular weight is 269 g/mol. The van der Waals surface area contributed by atoms with Crippen molar-refractivity contribution in [3.05, 3.63) is 64.5 Å². The maximum Gasteiger partial charge on any atom is 0.126 e. The fraction of sp³-hybridized carbons (Fsp3) is 0.333. The third-order valence-electron chi connectivity index (χ3n) is 4.27. The minimum atomic E-state index is -0.0627. The van der Waals surface area contributed by atoms with E-state index in [9.17, 15) is 4.39 Å². The van der Waals surface area contributed by atoms with Crippen molar-refractivity contribution in [1.82, 2.24) is 0 Å². The van der Waals surface area contributed by atoms with Crippen LogP contribution in [0.2, 0.25) is 0 Å². The molecule has 20 heavy (non-hydrogen) atoms. The van der Waals surface area contributed by atoms with E-state index in [0.29, 0.717) is 0 Å². The van der Waals surface area contributed by atoms with E-state index in [4.69, 9.17) is 0 Å². The Morgan fingerprint density at radius 2 is 2.00 bits per heavy atom. The molecule has 0 saturated carbocycles. The summed E-state index contributed by atoms with van der Waals surface area (Å²) in [6.07, 6.45) is 2.80. The van der Waals surface area contributed by atoms with Crippen LogP contribution in [0, 0.1) is 12.7 Å². The minimum Gasteiger partial charge on any atom is -0.378 e. The lowest BCUT2D eigenvalue weighted by Crippen LogP contribution is -2.10. The van der Waals surface area contributed by atoms with Gasteiger partial charge in [0.1, 0.15) is 5.82 Å². The van der Waals surface area contributed by atoms with Crippen LogP contribution in [0.5, 0.6) is 0 Å². The van der Waals surface area contributed by atoms with Crippen LogP contribution in [0.1, 0.15) is 41.6 Å². The van der Waals surface area contributed by atoms with Crippen LogP contribution in [-0.2, 0) is 12.8 Å². The Balaban J connectivity index is 1.94. The second kappa shape index (κ2) is 5.28. The number of rotatable bonds is 3. The van der Waals surface area contributed by atoms with Crippen LogP contribution >= 0.6 is 0 Å². The van der Waals surface area contributed by atoms with Gasteiger partial charge in [0.05, 0.1) is 6.04 Å². The van der Waals surface area contributed by atoms with Crippen LogP contribution in [-0.4, -0.2) is 0 Å². The maximum atomic E-state index is 13.8. The first-order chi connectivity index (χ1) is 9.70. The summed E-state index contributed by atoms with van der Waals surface area (Å²) in [7, 11) is 0. The van der Waals surface area contributed by atoms with Crippen LogP contribution < -0.4 is 5.32 Å². The number of halogens is 1. The summed E-state index contributed by atoms with van der Waals surface area (Å²) < 4.78 is 13.8. The number of benzene rings is 2. The van der Waals surface area contributed by atoms with Gasteiger partial charge in [0.25, 0.3) is 0 Å². The van der Waals surface area contributed by atoms with Gasteiger partial charge in [-0.15, -0.1) is 0 Å². The number of fused-ring (bicyclic) bond motifs is 1. The molecule has 0 saturated heterocycles. The van der Waals surface area contributed by atoms with E-state index in [0.717, 1.165) is 30.4 Å². The Hall–Kier alpha value is -1.83. The molecule has 0 fully saturated rings. The predicted octanol–water partition coefficient (Wildman–Crippen LogP) is 4.80.